The fourth-order valence-electron chi connectivity index (χ4n) is 4.92. The maximum Gasteiger partial charge on any atom is 0.269 e. The molecule has 0 radical (unpaired) electrons. The molecule has 0 spiro atoms. The van der Waals surface area contributed by atoms with Gasteiger partial charge in [-0.15, -0.1) is 0 Å². The first-order valence-corrected chi connectivity index (χ1v) is 14.2. The Kier molecular flexibility index (Phi) is 8.07. The average Bonchev–Trinajstić information content (AvgIpc) is 2.96. The van der Waals surface area contributed by atoms with Crippen LogP contribution in [-0.4, -0.2) is 31.8 Å². The number of amides is 1. The number of rotatable bonds is 9. The molecule has 1 aliphatic rings. The van der Waals surface area contributed by atoms with Gasteiger partial charge in [0, 0.05) is 43.1 Å². The van der Waals surface area contributed by atoms with Gasteiger partial charge in [-0.05, 0) is 47.7 Å². The van der Waals surface area contributed by atoms with Gasteiger partial charge in [-0.25, -0.2) is 4.98 Å². The van der Waals surface area contributed by atoms with Gasteiger partial charge in [-0.1, -0.05) is 67.9 Å². The standard InChI is InChI=1S/C30H30N4O4S/c1-2-3-6-15-33-29(36)26-13-12-23(28(35)32-16-14-22-9-4-5-10-24(22)19-32)18-27(26)31-30(33)39-20-21-8-7-11-25(17-21)34(37)38/h4-5,7-13,17-18H,2-3,6,14-16,19-20H2,1H3. The SMILES string of the molecule is CCCCCn1c(SCc2cccc([N+](=O)[O-])c2)nc2cc(C(=O)N3CCc4ccccc4C3)ccc2c1=O. The third-order valence-electron chi connectivity index (χ3n) is 7.06. The van der Waals surface area contributed by atoms with Crippen LogP contribution in [0.3, 0.4) is 0 Å². The van der Waals surface area contributed by atoms with Gasteiger partial charge < -0.3 is 4.90 Å². The zero-order valence-electron chi connectivity index (χ0n) is 21.8. The van der Waals surface area contributed by atoms with Crippen molar-refractivity contribution in [3.05, 3.63) is 109 Å². The first kappa shape index (κ1) is 26.6. The molecule has 1 aromatic heterocycles. The highest BCUT2D eigenvalue weighted by molar-refractivity contribution is 7.98. The van der Waals surface area contributed by atoms with E-state index in [0.717, 1.165) is 36.8 Å². The summed E-state index contributed by atoms with van der Waals surface area (Å²) in [7, 11) is 0. The van der Waals surface area contributed by atoms with E-state index < -0.39 is 4.92 Å². The van der Waals surface area contributed by atoms with Crippen molar-refractivity contribution in [2.24, 2.45) is 0 Å². The summed E-state index contributed by atoms with van der Waals surface area (Å²) in [6, 6.07) is 19.8. The molecule has 0 aliphatic carbocycles. The Labute approximate surface area is 230 Å². The van der Waals surface area contributed by atoms with Gasteiger partial charge in [-0.2, -0.15) is 0 Å². The predicted octanol–water partition coefficient (Wildman–Crippen LogP) is 5.99. The zero-order chi connectivity index (χ0) is 27.4. The van der Waals surface area contributed by atoms with Crippen molar-refractivity contribution in [2.75, 3.05) is 6.54 Å². The monoisotopic (exact) mass is 542 g/mol. The summed E-state index contributed by atoms with van der Waals surface area (Å²) in [6.07, 6.45) is 3.68. The Morgan fingerprint density at radius 1 is 1.05 bits per heavy atom. The van der Waals surface area contributed by atoms with E-state index in [-0.39, 0.29) is 17.2 Å². The maximum atomic E-state index is 13.5. The first-order chi connectivity index (χ1) is 18.9. The summed E-state index contributed by atoms with van der Waals surface area (Å²) in [6.45, 7) is 3.86. The number of carbonyl (C=O) groups is 1. The number of hydrogen-bond donors (Lipinski definition) is 0. The molecule has 0 fully saturated rings. The molecule has 0 saturated heterocycles. The summed E-state index contributed by atoms with van der Waals surface area (Å²) < 4.78 is 1.70. The molecular weight excluding hydrogens is 512 g/mol. The Morgan fingerprint density at radius 2 is 1.87 bits per heavy atom. The lowest BCUT2D eigenvalue weighted by Gasteiger charge is -2.29. The number of thioether (sulfide) groups is 1. The molecule has 9 heteroatoms. The van der Waals surface area contributed by atoms with Gasteiger partial charge in [0.05, 0.1) is 15.8 Å². The maximum absolute atomic E-state index is 13.5. The quantitative estimate of drug-likeness (QED) is 0.0848. The average molecular weight is 543 g/mol. The molecular formula is C30H30N4O4S. The van der Waals surface area contributed by atoms with E-state index in [1.54, 1.807) is 34.9 Å². The topological polar surface area (TPSA) is 98.3 Å². The molecule has 200 valence electrons. The number of unbranched alkanes of at least 4 members (excludes halogenated alkanes) is 2. The molecule has 0 saturated carbocycles. The second-order valence-electron chi connectivity index (χ2n) is 9.75. The number of carbonyl (C=O) groups excluding carboxylic acids is 1. The molecule has 39 heavy (non-hydrogen) atoms. The van der Waals surface area contributed by atoms with E-state index in [9.17, 15) is 19.7 Å². The normalized spacial score (nSPS) is 12.9. The molecule has 0 bridgehead atoms. The lowest BCUT2D eigenvalue weighted by Crippen LogP contribution is -2.36. The zero-order valence-corrected chi connectivity index (χ0v) is 22.7. The first-order valence-electron chi connectivity index (χ1n) is 13.2. The van der Waals surface area contributed by atoms with Crippen molar-refractivity contribution < 1.29 is 9.72 Å². The summed E-state index contributed by atoms with van der Waals surface area (Å²) >= 11 is 1.38. The van der Waals surface area contributed by atoms with Gasteiger partial charge >= 0.3 is 0 Å². The van der Waals surface area contributed by atoms with Crippen molar-refractivity contribution >= 4 is 34.3 Å². The molecule has 5 rings (SSSR count). The van der Waals surface area contributed by atoms with Crippen LogP contribution in [0.5, 0.6) is 0 Å². The Balaban J connectivity index is 1.45. The molecule has 1 aliphatic heterocycles. The highest BCUT2D eigenvalue weighted by Crippen LogP contribution is 2.26. The van der Waals surface area contributed by atoms with Crippen LogP contribution in [0.1, 0.15) is 53.2 Å². The van der Waals surface area contributed by atoms with Crippen molar-refractivity contribution in [1.82, 2.24) is 14.5 Å². The lowest BCUT2D eigenvalue weighted by molar-refractivity contribution is -0.384. The molecule has 4 aromatic rings. The minimum absolute atomic E-state index is 0.0309. The smallest absolute Gasteiger partial charge is 0.269 e. The molecule has 3 aromatic carbocycles. The van der Waals surface area contributed by atoms with Crippen LogP contribution in [0.15, 0.2) is 76.7 Å². The van der Waals surface area contributed by atoms with Crippen LogP contribution < -0.4 is 5.56 Å². The van der Waals surface area contributed by atoms with Crippen LogP contribution in [0, 0.1) is 10.1 Å². The van der Waals surface area contributed by atoms with Gasteiger partial charge in [0.2, 0.25) is 0 Å². The highest BCUT2D eigenvalue weighted by atomic mass is 32.2. The van der Waals surface area contributed by atoms with Gasteiger partial charge in [0.1, 0.15) is 0 Å². The summed E-state index contributed by atoms with van der Waals surface area (Å²) in [5.74, 6) is 0.352. The van der Waals surface area contributed by atoms with Gasteiger partial charge in [-0.3, -0.25) is 24.3 Å². The number of nitrogens with zero attached hydrogens (tertiary/aromatic N) is 4. The van der Waals surface area contributed by atoms with Crippen molar-refractivity contribution in [3.8, 4) is 0 Å². The summed E-state index contributed by atoms with van der Waals surface area (Å²) in [5, 5.41) is 12.2. The fourth-order valence-corrected chi connectivity index (χ4v) is 5.89. The molecule has 1 amide bonds. The Morgan fingerprint density at radius 3 is 2.67 bits per heavy atom. The van der Waals surface area contributed by atoms with E-state index >= 15 is 0 Å². The number of non-ortho nitro benzene ring substituents is 1. The fraction of sp³-hybridized carbons (Fsp3) is 0.300. The third kappa shape index (κ3) is 5.88. The molecule has 0 N–H and O–H groups in total. The Hall–Kier alpha value is -3.98. The van der Waals surface area contributed by atoms with Crippen LogP contribution in [0.2, 0.25) is 0 Å². The third-order valence-corrected chi connectivity index (χ3v) is 8.11. The minimum atomic E-state index is -0.414. The molecule has 0 atom stereocenters. The molecule has 0 unspecified atom stereocenters. The second-order valence-corrected chi connectivity index (χ2v) is 10.7. The van der Waals surface area contributed by atoms with Gasteiger partial charge in [0.25, 0.3) is 17.2 Å². The largest absolute Gasteiger partial charge is 0.334 e. The van der Waals surface area contributed by atoms with Crippen LogP contribution in [0.25, 0.3) is 10.9 Å². The number of aromatic nitrogens is 2. The number of benzene rings is 3. The van der Waals surface area contributed by atoms with Crippen LogP contribution >= 0.6 is 11.8 Å². The highest BCUT2D eigenvalue weighted by Gasteiger charge is 2.22. The van der Waals surface area contributed by atoms with Crippen molar-refractivity contribution in [3.63, 3.8) is 0 Å². The minimum Gasteiger partial charge on any atom is -0.334 e. The van der Waals surface area contributed by atoms with Crippen LogP contribution in [0.4, 0.5) is 5.69 Å². The number of nitro benzene ring substituents is 1. The predicted molar refractivity (Wildman–Crippen MR) is 153 cm³/mol. The van der Waals surface area contributed by atoms with Crippen molar-refractivity contribution in [1.29, 1.82) is 0 Å². The number of fused-ring (bicyclic) bond motifs is 2. The number of hydrogen-bond acceptors (Lipinski definition) is 6. The van der Waals surface area contributed by atoms with Crippen LogP contribution in [-0.2, 0) is 25.3 Å². The van der Waals surface area contributed by atoms with E-state index in [1.165, 1.54) is 23.4 Å². The van der Waals surface area contributed by atoms with Crippen molar-refractivity contribution in [2.45, 2.75) is 56.6 Å². The van der Waals surface area contributed by atoms with E-state index in [4.69, 9.17) is 4.98 Å². The summed E-state index contributed by atoms with van der Waals surface area (Å²) in [5.41, 5.74) is 4.09. The van der Waals surface area contributed by atoms with E-state index in [2.05, 4.69) is 19.1 Å². The van der Waals surface area contributed by atoms with E-state index in [1.807, 2.05) is 23.1 Å². The molecule has 2 heterocycles. The number of nitro groups is 1. The van der Waals surface area contributed by atoms with E-state index in [0.29, 0.717) is 47.0 Å². The summed E-state index contributed by atoms with van der Waals surface area (Å²) in [4.78, 5) is 44.4. The second kappa shape index (κ2) is 11.8. The molecule has 8 nitrogen and oxygen atoms in total. The lowest BCUT2D eigenvalue weighted by atomic mass is 9.99. The van der Waals surface area contributed by atoms with Gasteiger partial charge in [0.15, 0.2) is 5.16 Å². The Bertz CT molecular complexity index is 1600.